The minimum absolute atomic E-state index is 0.423. The SMILES string of the molecule is [CH2]C(O)OCCC[Si](OCC)(OCC)OCC. The summed E-state index contributed by atoms with van der Waals surface area (Å²) in [6, 6.07) is 0.690. The summed E-state index contributed by atoms with van der Waals surface area (Å²) in [5.41, 5.74) is 0. The van der Waals surface area contributed by atoms with E-state index in [4.69, 9.17) is 23.1 Å². The summed E-state index contributed by atoms with van der Waals surface area (Å²) in [7, 11) is -2.55. The number of rotatable bonds is 11. The second-order valence-corrected chi connectivity index (χ2v) is 6.14. The van der Waals surface area contributed by atoms with Gasteiger partial charge in [-0.1, -0.05) is 0 Å². The molecule has 0 aliphatic carbocycles. The number of aliphatic hydroxyl groups is 1. The number of ether oxygens (including phenoxy) is 1. The van der Waals surface area contributed by atoms with E-state index in [1.807, 2.05) is 20.8 Å². The first-order valence-corrected chi connectivity index (χ1v) is 8.08. The first kappa shape index (κ1) is 17.0. The van der Waals surface area contributed by atoms with Gasteiger partial charge in [-0.2, -0.15) is 0 Å². The van der Waals surface area contributed by atoms with Crippen LogP contribution in [0.15, 0.2) is 0 Å². The number of hydrogen-bond acceptors (Lipinski definition) is 5. The lowest BCUT2D eigenvalue weighted by Crippen LogP contribution is -2.46. The van der Waals surface area contributed by atoms with Crippen LogP contribution >= 0.6 is 0 Å². The summed E-state index contributed by atoms with van der Waals surface area (Å²) in [6.07, 6.45) is -0.254. The van der Waals surface area contributed by atoms with Gasteiger partial charge in [-0.25, -0.2) is 0 Å². The Morgan fingerprint density at radius 1 is 1.06 bits per heavy atom. The van der Waals surface area contributed by atoms with Crippen LogP contribution in [0.2, 0.25) is 6.04 Å². The van der Waals surface area contributed by atoms with Crippen molar-refractivity contribution in [2.75, 3.05) is 26.4 Å². The molecule has 0 saturated carbocycles. The molecule has 1 radical (unpaired) electrons. The van der Waals surface area contributed by atoms with Crippen molar-refractivity contribution in [1.82, 2.24) is 0 Å². The van der Waals surface area contributed by atoms with E-state index in [0.717, 1.165) is 6.42 Å². The van der Waals surface area contributed by atoms with Crippen LogP contribution in [0, 0.1) is 6.92 Å². The molecule has 0 aromatic rings. The van der Waals surface area contributed by atoms with E-state index >= 15 is 0 Å². The molecule has 6 heteroatoms. The summed E-state index contributed by atoms with van der Waals surface area (Å²) in [5, 5.41) is 8.88. The lowest BCUT2D eigenvalue weighted by molar-refractivity contribution is -0.0670. The Hall–Kier alpha value is 0.0169. The fourth-order valence-corrected chi connectivity index (χ4v) is 4.09. The lowest BCUT2D eigenvalue weighted by Gasteiger charge is -2.28. The normalized spacial score (nSPS) is 13.9. The predicted octanol–water partition coefficient (Wildman–Crippen LogP) is 1.59. The second kappa shape index (κ2) is 9.99. The van der Waals surface area contributed by atoms with Crippen LogP contribution in [-0.2, 0) is 18.0 Å². The minimum Gasteiger partial charge on any atom is -0.374 e. The number of aliphatic hydroxyl groups excluding tert-OH is 1. The minimum atomic E-state index is -2.55. The van der Waals surface area contributed by atoms with Crippen molar-refractivity contribution in [2.45, 2.75) is 39.5 Å². The average Bonchev–Trinajstić information content (AvgIpc) is 2.25. The van der Waals surface area contributed by atoms with Crippen LogP contribution in [-0.4, -0.2) is 46.6 Å². The van der Waals surface area contributed by atoms with Gasteiger partial charge in [-0.05, 0) is 27.2 Å². The van der Waals surface area contributed by atoms with Gasteiger partial charge in [0.25, 0.3) is 0 Å². The average molecular weight is 265 g/mol. The predicted molar refractivity (Wildman–Crippen MR) is 67.4 cm³/mol. The van der Waals surface area contributed by atoms with Crippen molar-refractivity contribution in [3.63, 3.8) is 0 Å². The molecule has 1 unspecified atom stereocenters. The molecule has 0 aliphatic heterocycles. The molecule has 1 N–H and O–H groups in total. The highest BCUT2D eigenvalue weighted by Crippen LogP contribution is 2.18. The lowest BCUT2D eigenvalue weighted by atomic mass is 10.5. The first-order valence-electron chi connectivity index (χ1n) is 6.14. The van der Waals surface area contributed by atoms with Crippen LogP contribution in [0.5, 0.6) is 0 Å². The molecule has 0 rings (SSSR count). The maximum Gasteiger partial charge on any atom is 0.501 e. The van der Waals surface area contributed by atoms with Gasteiger partial charge in [0.15, 0.2) is 6.29 Å². The van der Waals surface area contributed by atoms with Crippen LogP contribution in [0.25, 0.3) is 0 Å². The van der Waals surface area contributed by atoms with Crippen molar-refractivity contribution in [3.8, 4) is 0 Å². The Morgan fingerprint density at radius 3 is 1.88 bits per heavy atom. The second-order valence-electron chi connectivity index (χ2n) is 3.41. The van der Waals surface area contributed by atoms with Crippen molar-refractivity contribution < 1.29 is 23.1 Å². The van der Waals surface area contributed by atoms with Crippen molar-refractivity contribution in [3.05, 3.63) is 6.92 Å². The van der Waals surface area contributed by atoms with E-state index in [-0.39, 0.29) is 0 Å². The van der Waals surface area contributed by atoms with Crippen LogP contribution < -0.4 is 0 Å². The van der Waals surface area contributed by atoms with E-state index in [0.29, 0.717) is 32.5 Å². The monoisotopic (exact) mass is 265 g/mol. The van der Waals surface area contributed by atoms with Crippen LogP contribution in [0.3, 0.4) is 0 Å². The highest BCUT2D eigenvalue weighted by Gasteiger charge is 2.39. The smallest absolute Gasteiger partial charge is 0.374 e. The molecule has 0 fully saturated rings. The Bertz CT molecular complexity index is 160. The summed E-state index contributed by atoms with van der Waals surface area (Å²) in [6.45, 7) is 11.3. The highest BCUT2D eigenvalue weighted by molar-refractivity contribution is 6.60. The fraction of sp³-hybridized carbons (Fsp3) is 0.909. The van der Waals surface area contributed by atoms with E-state index in [1.165, 1.54) is 0 Å². The van der Waals surface area contributed by atoms with E-state index < -0.39 is 15.1 Å². The van der Waals surface area contributed by atoms with Gasteiger partial charge in [0, 0.05) is 39.4 Å². The molecular formula is C11H25O5Si. The molecule has 17 heavy (non-hydrogen) atoms. The summed E-state index contributed by atoms with van der Waals surface area (Å²) in [5.74, 6) is 0. The standard InChI is InChI=1S/C11H25O5Si/c1-5-14-17(15-6-2,16-7-3)10-8-9-13-11(4)12/h11-12H,4-10H2,1-3H3. The molecule has 0 saturated heterocycles. The molecule has 5 nitrogen and oxygen atoms in total. The van der Waals surface area contributed by atoms with Gasteiger partial charge >= 0.3 is 8.80 Å². The Labute approximate surface area is 105 Å². The molecule has 0 heterocycles. The first-order chi connectivity index (χ1) is 8.10. The molecule has 0 spiro atoms. The van der Waals surface area contributed by atoms with Gasteiger partial charge in [-0.3, -0.25) is 0 Å². The maximum atomic E-state index is 8.88. The zero-order valence-electron chi connectivity index (χ0n) is 11.1. The topological polar surface area (TPSA) is 57.2 Å². The highest BCUT2D eigenvalue weighted by atomic mass is 28.4. The Morgan fingerprint density at radius 2 is 1.53 bits per heavy atom. The Balaban J connectivity index is 4.14. The van der Waals surface area contributed by atoms with Gasteiger partial charge in [-0.15, -0.1) is 0 Å². The van der Waals surface area contributed by atoms with Gasteiger partial charge in [0.2, 0.25) is 0 Å². The molecule has 103 valence electrons. The molecule has 0 aromatic carbocycles. The molecule has 1 atom stereocenters. The van der Waals surface area contributed by atoms with Crippen molar-refractivity contribution in [1.29, 1.82) is 0 Å². The summed E-state index contributed by atoms with van der Waals surface area (Å²) >= 11 is 0. The summed E-state index contributed by atoms with van der Waals surface area (Å²) in [4.78, 5) is 0. The van der Waals surface area contributed by atoms with E-state index in [1.54, 1.807) is 0 Å². The maximum absolute atomic E-state index is 8.88. The zero-order valence-corrected chi connectivity index (χ0v) is 12.1. The van der Waals surface area contributed by atoms with Gasteiger partial charge < -0.3 is 23.1 Å². The van der Waals surface area contributed by atoms with Crippen LogP contribution in [0.4, 0.5) is 0 Å². The van der Waals surface area contributed by atoms with Gasteiger partial charge in [0.05, 0.1) is 0 Å². The molecule has 0 bridgehead atoms. The quantitative estimate of drug-likeness (QED) is 0.349. The number of hydrogen-bond donors (Lipinski definition) is 1. The Kier molecular flexibility index (Phi) is 10.00. The zero-order chi connectivity index (χ0) is 13.1. The molecule has 0 aliphatic rings. The van der Waals surface area contributed by atoms with Crippen molar-refractivity contribution >= 4 is 8.80 Å². The summed E-state index contributed by atoms with van der Waals surface area (Å²) < 4.78 is 22.0. The third kappa shape index (κ3) is 7.85. The largest absolute Gasteiger partial charge is 0.501 e. The van der Waals surface area contributed by atoms with Crippen LogP contribution in [0.1, 0.15) is 27.2 Å². The third-order valence-electron chi connectivity index (χ3n) is 2.03. The van der Waals surface area contributed by atoms with Crippen molar-refractivity contribution in [2.24, 2.45) is 0 Å². The van der Waals surface area contributed by atoms with E-state index in [2.05, 4.69) is 6.92 Å². The third-order valence-corrected chi connectivity index (χ3v) is 5.18. The molecule has 0 amide bonds. The van der Waals surface area contributed by atoms with Gasteiger partial charge in [0.1, 0.15) is 0 Å². The molecule has 0 aromatic heterocycles. The fourth-order valence-electron chi connectivity index (χ4n) is 1.51. The van der Waals surface area contributed by atoms with E-state index in [9.17, 15) is 0 Å². The molecular weight excluding hydrogens is 240 g/mol.